The third-order valence-corrected chi connectivity index (χ3v) is 7.57. The van der Waals surface area contributed by atoms with Crippen LogP contribution in [0, 0.1) is 6.92 Å². The summed E-state index contributed by atoms with van der Waals surface area (Å²) in [6, 6.07) is 4.65. The zero-order valence-corrected chi connectivity index (χ0v) is 17.2. The largest absolute Gasteiger partial charge is 0.456 e. The predicted octanol–water partition coefficient (Wildman–Crippen LogP) is 3.55. The molecule has 0 unspecified atom stereocenters. The van der Waals surface area contributed by atoms with Crippen molar-refractivity contribution < 1.29 is 17.9 Å². The molecule has 1 aliphatic rings. The van der Waals surface area contributed by atoms with Crippen molar-refractivity contribution in [3.63, 3.8) is 0 Å². The van der Waals surface area contributed by atoms with E-state index in [0.29, 0.717) is 24.3 Å². The van der Waals surface area contributed by atoms with Gasteiger partial charge < -0.3 is 4.74 Å². The lowest BCUT2D eigenvalue weighted by atomic mass is 10.1. The molecular formula is C19H24N2O4S2. The van der Waals surface area contributed by atoms with Crippen molar-refractivity contribution in [1.29, 1.82) is 0 Å². The minimum atomic E-state index is -3.59. The molecule has 8 heteroatoms. The molecule has 0 bridgehead atoms. The smallest absolute Gasteiger partial charge is 0.338 e. The quantitative estimate of drug-likeness (QED) is 0.683. The van der Waals surface area contributed by atoms with Crippen molar-refractivity contribution >= 4 is 27.3 Å². The van der Waals surface area contributed by atoms with Crippen LogP contribution in [-0.2, 0) is 27.8 Å². The Balaban J connectivity index is 1.76. The molecule has 2 heterocycles. The molecule has 146 valence electrons. The van der Waals surface area contributed by atoms with E-state index >= 15 is 0 Å². The number of nitrogens with zero attached hydrogens (tertiary/aromatic N) is 2. The second kappa shape index (κ2) is 8.50. The molecule has 2 aromatic rings. The number of benzene rings is 1. The Morgan fingerprint density at radius 1 is 1.26 bits per heavy atom. The molecule has 27 heavy (non-hydrogen) atoms. The first-order chi connectivity index (χ1) is 12.9. The van der Waals surface area contributed by atoms with E-state index in [1.165, 1.54) is 21.7 Å². The van der Waals surface area contributed by atoms with Gasteiger partial charge in [0.2, 0.25) is 10.0 Å². The van der Waals surface area contributed by atoms with E-state index < -0.39 is 16.0 Å². The van der Waals surface area contributed by atoms with E-state index in [0.717, 1.165) is 30.7 Å². The Morgan fingerprint density at radius 2 is 2.00 bits per heavy atom. The topological polar surface area (TPSA) is 76.6 Å². The fourth-order valence-corrected chi connectivity index (χ4v) is 5.30. The summed E-state index contributed by atoms with van der Waals surface area (Å²) < 4.78 is 32.6. The normalized spacial score (nSPS) is 15.6. The Morgan fingerprint density at radius 3 is 2.67 bits per heavy atom. The number of carbonyl (C=O) groups is 1. The lowest BCUT2D eigenvalue weighted by molar-refractivity contribution is 0.0467. The Kier molecular flexibility index (Phi) is 6.29. The lowest BCUT2D eigenvalue weighted by Crippen LogP contribution is -2.35. The first kappa shape index (κ1) is 20.0. The number of hydrogen-bond donors (Lipinski definition) is 0. The van der Waals surface area contributed by atoms with Crippen molar-refractivity contribution in [3.05, 3.63) is 45.4 Å². The molecule has 1 aliphatic heterocycles. The Bertz CT molecular complexity index is 916. The number of aryl methyl sites for hydroxylation is 2. The predicted molar refractivity (Wildman–Crippen MR) is 104 cm³/mol. The van der Waals surface area contributed by atoms with Gasteiger partial charge in [-0.1, -0.05) is 19.4 Å². The molecule has 1 aromatic heterocycles. The van der Waals surface area contributed by atoms with Crippen LogP contribution in [0.2, 0.25) is 0 Å². The molecule has 6 nitrogen and oxygen atoms in total. The SMILES string of the molecule is CCc1nc(COC(=O)c2cc(S(=O)(=O)N3CCCCC3)ccc2C)cs1. The van der Waals surface area contributed by atoms with Crippen LogP contribution in [0.4, 0.5) is 0 Å². The van der Waals surface area contributed by atoms with Gasteiger partial charge in [-0.2, -0.15) is 4.31 Å². The fourth-order valence-electron chi connectivity index (χ4n) is 3.03. The van der Waals surface area contributed by atoms with Crippen molar-refractivity contribution in [2.45, 2.75) is 51.0 Å². The van der Waals surface area contributed by atoms with E-state index in [1.54, 1.807) is 19.1 Å². The van der Waals surface area contributed by atoms with Crippen LogP contribution in [0.5, 0.6) is 0 Å². The second-order valence-corrected chi connectivity index (χ2v) is 9.48. The van der Waals surface area contributed by atoms with Gasteiger partial charge in [-0.05, 0) is 43.9 Å². The van der Waals surface area contributed by atoms with Crippen molar-refractivity contribution in [1.82, 2.24) is 9.29 Å². The number of carbonyl (C=O) groups excluding carboxylic acids is 1. The molecular weight excluding hydrogens is 384 g/mol. The van der Waals surface area contributed by atoms with Gasteiger partial charge in [0, 0.05) is 18.5 Å². The van der Waals surface area contributed by atoms with E-state index in [9.17, 15) is 13.2 Å². The van der Waals surface area contributed by atoms with Gasteiger partial charge in [-0.15, -0.1) is 11.3 Å². The van der Waals surface area contributed by atoms with Gasteiger partial charge in [-0.25, -0.2) is 18.2 Å². The van der Waals surface area contributed by atoms with Gasteiger partial charge in [0.25, 0.3) is 0 Å². The summed E-state index contributed by atoms with van der Waals surface area (Å²) >= 11 is 1.53. The van der Waals surface area contributed by atoms with Gasteiger partial charge in [0.15, 0.2) is 0 Å². The van der Waals surface area contributed by atoms with Crippen LogP contribution in [0.3, 0.4) is 0 Å². The highest BCUT2D eigenvalue weighted by atomic mass is 32.2. The monoisotopic (exact) mass is 408 g/mol. The first-order valence-electron chi connectivity index (χ1n) is 9.13. The number of esters is 1. The minimum Gasteiger partial charge on any atom is -0.456 e. The van der Waals surface area contributed by atoms with Crippen LogP contribution >= 0.6 is 11.3 Å². The Labute approximate surface area is 164 Å². The van der Waals surface area contributed by atoms with Gasteiger partial charge in [0.1, 0.15) is 6.61 Å². The highest BCUT2D eigenvalue weighted by Crippen LogP contribution is 2.23. The molecule has 0 N–H and O–H groups in total. The number of ether oxygens (including phenoxy) is 1. The van der Waals surface area contributed by atoms with Crippen LogP contribution in [0.15, 0.2) is 28.5 Å². The number of piperidine rings is 1. The van der Waals surface area contributed by atoms with E-state index in [4.69, 9.17) is 4.74 Å². The summed E-state index contributed by atoms with van der Waals surface area (Å²) in [6.07, 6.45) is 3.63. The third kappa shape index (κ3) is 4.56. The van der Waals surface area contributed by atoms with E-state index in [-0.39, 0.29) is 17.1 Å². The highest BCUT2D eigenvalue weighted by Gasteiger charge is 2.27. The van der Waals surface area contributed by atoms with Gasteiger partial charge >= 0.3 is 5.97 Å². The summed E-state index contributed by atoms with van der Waals surface area (Å²) in [6.45, 7) is 4.93. The first-order valence-corrected chi connectivity index (χ1v) is 11.4. The molecule has 0 aliphatic carbocycles. The lowest BCUT2D eigenvalue weighted by Gasteiger charge is -2.26. The molecule has 0 saturated carbocycles. The zero-order chi connectivity index (χ0) is 19.4. The minimum absolute atomic E-state index is 0.0812. The molecule has 3 rings (SSSR count). The maximum absolute atomic E-state index is 12.9. The third-order valence-electron chi connectivity index (χ3n) is 4.63. The van der Waals surface area contributed by atoms with Gasteiger partial charge in [0.05, 0.1) is 21.2 Å². The summed E-state index contributed by atoms with van der Waals surface area (Å²) in [5.74, 6) is -0.533. The molecule has 1 saturated heterocycles. The van der Waals surface area contributed by atoms with E-state index in [2.05, 4.69) is 4.98 Å². The molecule has 1 fully saturated rings. The number of aromatic nitrogens is 1. The molecule has 0 amide bonds. The standard InChI is InChI=1S/C19H24N2O4S2/c1-3-18-20-15(13-26-18)12-25-19(22)17-11-16(8-7-14(17)2)27(23,24)21-9-5-4-6-10-21/h7-8,11,13H,3-6,9-10,12H2,1-2H3. The molecule has 0 spiro atoms. The number of rotatable bonds is 6. The van der Waals surface area contributed by atoms with Crippen molar-refractivity contribution in [2.24, 2.45) is 0 Å². The van der Waals surface area contributed by atoms with E-state index in [1.807, 2.05) is 12.3 Å². The highest BCUT2D eigenvalue weighted by molar-refractivity contribution is 7.89. The van der Waals surface area contributed by atoms with Crippen LogP contribution < -0.4 is 0 Å². The molecule has 0 atom stereocenters. The Hall–Kier alpha value is -1.77. The average molecular weight is 409 g/mol. The average Bonchev–Trinajstić information content (AvgIpc) is 3.15. The van der Waals surface area contributed by atoms with Crippen LogP contribution in [-0.4, -0.2) is 36.8 Å². The second-order valence-electron chi connectivity index (χ2n) is 6.60. The summed E-state index contributed by atoms with van der Waals surface area (Å²) in [5.41, 5.74) is 1.67. The molecule has 1 aromatic carbocycles. The number of hydrogen-bond acceptors (Lipinski definition) is 6. The van der Waals surface area contributed by atoms with Crippen LogP contribution in [0.1, 0.15) is 52.8 Å². The summed E-state index contributed by atoms with van der Waals surface area (Å²) in [4.78, 5) is 17.0. The summed E-state index contributed by atoms with van der Waals surface area (Å²) in [7, 11) is -3.59. The maximum atomic E-state index is 12.9. The summed E-state index contributed by atoms with van der Waals surface area (Å²) in [5, 5.41) is 2.86. The maximum Gasteiger partial charge on any atom is 0.338 e. The zero-order valence-electron chi connectivity index (χ0n) is 15.6. The van der Waals surface area contributed by atoms with Crippen molar-refractivity contribution in [3.8, 4) is 0 Å². The number of sulfonamides is 1. The van der Waals surface area contributed by atoms with Crippen LogP contribution in [0.25, 0.3) is 0 Å². The molecule has 0 radical (unpaired) electrons. The van der Waals surface area contributed by atoms with Crippen molar-refractivity contribution in [2.75, 3.05) is 13.1 Å². The van der Waals surface area contributed by atoms with Gasteiger partial charge in [-0.3, -0.25) is 0 Å². The number of thiazole rings is 1. The fraction of sp³-hybridized carbons (Fsp3) is 0.474.